The molecule has 3 aliphatic carbocycles. The van der Waals surface area contributed by atoms with Crippen LogP contribution in [0.25, 0.3) is 11.1 Å². The van der Waals surface area contributed by atoms with Crippen molar-refractivity contribution in [2.45, 2.75) is 111 Å². The molecule has 3 fully saturated rings. The van der Waals surface area contributed by atoms with Gasteiger partial charge in [0.2, 0.25) is 0 Å². The van der Waals surface area contributed by atoms with Crippen molar-refractivity contribution in [1.29, 1.82) is 0 Å². The van der Waals surface area contributed by atoms with Crippen LogP contribution in [0.1, 0.15) is 111 Å². The van der Waals surface area contributed by atoms with Crippen molar-refractivity contribution in [3.05, 3.63) is 64.6 Å². The summed E-state index contributed by atoms with van der Waals surface area (Å²) in [6, 6.07) is 9.59. The number of hydrogen-bond acceptors (Lipinski definition) is 11. The van der Waals surface area contributed by atoms with Crippen LogP contribution in [0, 0.1) is 29.1 Å². The number of aromatic nitrogens is 3. The number of rotatable bonds is 11. The molecule has 12 nitrogen and oxygen atoms in total. The van der Waals surface area contributed by atoms with E-state index in [1.54, 1.807) is 6.07 Å². The van der Waals surface area contributed by atoms with Gasteiger partial charge in [-0.1, -0.05) is 26.0 Å². The van der Waals surface area contributed by atoms with Crippen molar-refractivity contribution in [3.8, 4) is 11.1 Å². The van der Waals surface area contributed by atoms with Crippen LogP contribution < -0.4 is 4.90 Å². The summed E-state index contributed by atoms with van der Waals surface area (Å²) in [6.45, 7) is 14.5. The lowest BCUT2D eigenvalue weighted by Crippen LogP contribution is -2.61. The van der Waals surface area contributed by atoms with Crippen molar-refractivity contribution in [2.24, 2.45) is 22.2 Å². The molecule has 1 aliphatic heterocycles. The number of ether oxygens (including phenoxy) is 3. The Hall–Kier alpha value is -3.81. The number of carbonyl (C=O) groups excluding carboxylic acids is 2. The van der Waals surface area contributed by atoms with E-state index in [0.717, 1.165) is 80.1 Å². The lowest BCUT2D eigenvalue weighted by atomic mass is 9.40. The van der Waals surface area contributed by atoms with Gasteiger partial charge in [0.25, 0.3) is 10.1 Å². The number of pyridine rings is 1. The predicted octanol–water partition coefficient (Wildman–Crippen LogP) is 6.92. The zero-order valence-electron chi connectivity index (χ0n) is 33.6. The molecule has 0 saturated heterocycles. The molecule has 0 radical (unpaired) electrons. The van der Waals surface area contributed by atoms with E-state index < -0.39 is 21.7 Å². The van der Waals surface area contributed by atoms with Gasteiger partial charge in [-0.25, -0.2) is 14.6 Å². The van der Waals surface area contributed by atoms with E-state index in [2.05, 4.69) is 30.4 Å². The molecule has 13 heteroatoms. The number of esters is 2. The Labute approximate surface area is 325 Å². The third-order valence-corrected chi connectivity index (χ3v) is 13.0. The van der Waals surface area contributed by atoms with Gasteiger partial charge >= 0.3 is 11.9 Å². The molecule has 0 spiro atoms. The van der Waals surface area contributed by atoms with Gasteiger partial charge < -0.3 is 19.1 Å². The zero-order valence-corrected chi connectivity index (χ0v) is 34.4. The summed E-state index contributed by atoms with van der Waals surface area (Å²) in [5.74, 6) is 0.0357. The maximum Gasteiger partial charge on any atom is 0.358 e. The number of carbonyl (C=O) groups is 2. The Morgan fingerprint density at radius 1 is 1.00 bits per heavy atom. The number of hydrogen-bond donors (Lipinski definition) is 0. The fourth-order valence-electron chi connectivity index (χ4n) is 10.9. The molecule has 3 saturated carbocycles. The van der Waals surface area contributed by atoms with Gasteiger partial charge in [0.05, 0.1) is 44.4 Å². The van der Waals surface area contributed by atoms with Crippen LogP contribution in [-0.4, -0.2) is 79.9 Å². The molecule has 2 aromatic heterocycles. The van der Waals surface area contributed by atoms with E-state index >= 15 is 0 Å². The molecular weight excluding hydrogens is 721 g/mol. The lowest BCUT2D eigenvalue weighted by molar-refractivity contribution is -0.204. The second-order valence-corrected chi connectivity index (χ2v) is 19.9. The molecular formula is C42H56N4O8S. The maximum atomic E-state index is 14.0. The van der Waals surface area contributed by atoms with Crippen LogP contribution in [0.4, 0.5) is 5.82 Å². The summed E-state index contributed by atoms with van der Waals surface area (Å²) in [6.07, 6.45) is 10.1. The molecule has 4 aliphatic rings. The van der Waals surface area contributed by atoms with Crippen LogP contribution in [0.5, 0.6) is 0 Å². The second kappa shape index (κ2) is 14.3. The van der Waals surface area contributed by atoms with Crippen LogP contribution in [-0.2, 0) is 48.0 Å². The van der Waals surface area contributed by atoms with Crippen LogP contribution >= 0.6 is 0 Å². The van der Waals surface area contributed by atoms with Crippen molar-refractivity contribution in [2.75, 3.05) is 38.0 Å². The van der Waals surface area contributed by atoms with Crippen molar-refractivity contribution < 1.29 is 36.4 Å². The normalized spacial score (nSPS) is 27.5. The van der Waals surface area contributed by atoms with Gasteiger partial charge in [-0.3, -0.25) is 8.86 Å². The smallest absolute Gasteiger partial charge is 0.358 e. The molecule has 55 heavy (non-hydrogen) atoms. The average molecular weight is 777 g/mol. The van der Waals surface area contributed by atoms with Gasteiger partial charge in [0.1, 0.15) is 11.4 Å². The highest BCUT2D eigenvalue weighted by Gasteiger charge is 2.62. The SMILES string of the molecule is COC(=O)c1cccc2c1CN(c1ccc(-c3cnn(CC45CC6(C)CCC4C(OCCOS(C)(=O)=O)CC(C)(C6)C5)c3C)c(C(=O)OC(C)(C)C)n1)CC2. The Balaban J connectivity index is 1.20. The first-order valence-corrected chi connectivity index (χ1v) is 21.3. The van der Waals surface area contributed by atoms with Crippen molar-refractivity contribution >= 4 is 27.9 Å². The second-order valence-electron chi connectivity index (χ2n) is 18.3. The molecule has 3 heterocycles. The Morgan fingerprint density at radius 2 is 1.76 bits per heavy atom. The number of anilines is 1. The molecule has 0 N–H and O–H groups in total. The zero-order chi connectivity index (χ0) is 39.6. The van der Waals surface area contributed by atoms with Gasteiger partial charge in [-0.15, -0.1) is 0 Å². The fraction of sp³-hybridized carbons (Fsp3) is 0.619. The number of methoxy groups -OCH3 is 1. The van der Waals surface area contributed by atoms with Crippen LogP contribution in [0.15, 0.2) is 36.5 Å². The van der Waals surface area contributed by atoms with E-state index in [4.69, 9.17) is 28.5 Å². The minimum atomic E-state index is -3.54. The van der Waals surface area contributed by atoms with Crippen LogP contribution in [0.3, 0.4) is 0 Å². The van der Waals surface area contributed by atoms with Gasteiger partial charge in [0, 0.05) is 36.5 Å². The summed E-state index contributed by atoms with van der Waals surface area (Å²) in [7, 11) is -2.15. The molecule has 3 aromatic rings. The molecule has 5 unspecified atom stereocenters. The minimum Gasteiger partial charge on any atom is -0.465 e. The first-order chi connectivity index (χ1) is 25.8. The fourth-order valence-corrected chi connectivity index (χ4v) is 11.2. The van der Waals surface area contributed by atoms with E-state index in [1.165, 1.54) is 7.11 Å². The van der Waals surface area contributed by atoms with Gasteiger partial charge in [0.15, 0.2) is 5.69 Å². The first kappa shape index (κ1) is 39.4. The molecule has 3 bridgehead atoms. The van der Waals surface area contributed by atoms with E-state index in [1.807, 2.05) is 51.2 Å². The summed E-state index contributed by atoms with van der Waals surface area (Å²) < 4.78 is 47.8. The van der Waals surface area contributed by atoms with Crippen molar-refractivity contribution in [3.63, 3.8) is 0 Å². The monoisotopic (exact) mass is 776 g/mol. The number of fused-ring (bicyclic) bond motifs is 3. The lowest BCUT2D eigenvalue weighted by Gasteiger charge is -2.66. The molecule has 0 amide bonds. The molecule has 1 aromatic carbocycles. The van der Waals surface area contributed by atoms with Crippen LogP contribution in [0.2, 0.25) is 0 Å². The van der Waals surface area contributed by atoms with E-state index in [0.29, 0.717) is 36.0 Å². The predicted molar refractivity (Wildman–Crippen MR) is 208 cm³/mol. The highest BCUT2D eigenvalue weighted by atomic mass is 32.2. The molecule has 7 rings (SSSR count). The summed E-state index contributed by atoms with van der Waals surface area (Å²) in [5, 5.41) is 4.99. The quantitative estimate of drug-likeness (QED) is 0.114. The van der Waals surface area contributed by atoms with Gasteiger partial charge in [-0.2, -0.15) is 13.5 Å². The van der Waals surface area contributed by atoms with E-state index in [-0.39, 0.29) is 47.2 Å². The summed E-state index contributed by atoms with van der Waals surface area (Å²) in [4.78, 5) is 33.7. The van der Waals surface area contributed by atoms with Crippen molar-refractivity contribution in [1.82, 2.24) is 14.8 Å². The Morgan fingerprint density at radius 3 is 2.49 bits per heavy atom. The average Bonchev–Trinajstić information content (AvgIpc) is 3.44. The standard InChI is InChI=1S/C42H56N4O8S/c1-27-31(21-43-46(27)26-42-24-40(5)16-14-33(42)34(20-41(6,23-40)25-42)52-18-19-53-55(8,49)50)29-12-13-35(44-36(29)38(48)54-39(2,3)4)45-17-15-28-10-9-11-30(32(28)22-45)37(47)51-7/h9-13,21,33-34H,14-20,22-26H2,1-8H3. The maximum absolute atomic E-state index is 14.0. The highest BCUT2D eigenvalue weighted by Crippen LogP contribution is 2.69. The summed E-state index contributed by atoms with van der Waals surface area (Å²) in [5.41, 5.74) is 4.72. The number of nitrogens with zero attached hydrogens (tertiary/aromatic N) is 4. The Kier molecular flexibility index (Phi) is 10.2. The largest absolute Gasteiger partial charge is 0.465 e. The van der Waals surface area contributed by atoms with E-state index in [9.17, 15) is 18.0 Å². The Bertz CT molecular complexity index is 2090. The minimum absolute atomic E-state index is 0.00284. The first-order valence-electron chi connectivity index (χ1n) is 19.5. The van der Waals surface area contributed by atoms with Gasteiger partial charge in [-0.05, 0) is 124 Å². The number of benzene rings is 1. The third kappa shape index (κ3) is 8.07. The topological polar surface area (TPSA) is 139 Å². The third-order valence-electron chi connectivity index (χ3n) is 12.4. The summed E-state index contributed by atoms with van der Waals surface area (Å²) >= 11 is 0. The molecule has 5 atom stereocenters. The highest BCUT2D eigenvalue weighted by molar-refractivity contribution is 7.85. The molecule has 298 valence electrons.